The average Bonchev–Trinajstić information content (AvgIpc) is 3.47. The molecule has 194 valence electrons. The first-order valence-electron chi connectivity index (χ1n) is 12.0. The highest BCUT2D eigenvalue weighted by Crippen LogP contribution is 2.37. The van der Waals surface area contributed by atoms with Gasteiger partial charge in [-0.25, -0.2) is 19.6 Å². The van der Waals surface area contributed by atoms with Crippen molar-refractivity contribution in [3.63, 3.8) is 0 Å². The smallest absolute Gasteiger partial charge is 0.368 e. The molecule has 0 radical (unpaired) electrons. The third-order valence-electron chi connectivity index (χ3n) is 7.02. The van der Waals surface area contributed by atoms with Gasteiger partial charge in [0.15, 0.2) is 11.6 Å². The molecule has 0 aliphatic carbocycles. The second-order valence-electron chi connectivity index (χ2n) is 10.0. The summed E-state index contributed by atoms with van der Waals surface area (Å²) in [5.41, 5.74) is 5.87. The third kappa shape index (κ3) is 4.70. The summed E-state index contributed by atoms with van der Waals surface area (Å²) in [7, 11) is 1.40. The Balaban J connectivity index is 1.36. The number of aryl methyl sites for hydroxylation is 1. The molecule has 37 heavy (non-hydrogen) atoms. The molecule has 0 bridgehead atoms. The number of hydrazine groups is 1. The molecule has 3 aromatic rings. The standard InChI is InChI=1S/C23H28FN11O2/c1-23(2)10-14(7-15-5-4-6-34(15)23)29-30-20-13(11-25)12-26-21(28-20)27-17-9-18(19(36)8-16(17)24)35-22(37)33(3)31-32-35/h8-9,12,14-15,29,36H,4-7,10H2,1-3H3,(H2,26,27,28,30)/t14-,15+/m1/s1. The van der Waals surface area contributed by atoms with Crippen LogP contribution in [0.15, 0.2) is 23.1 Å². The number of benzene rings is 1. The van der Waals surface area contributed by atoms with E-state index in [9.17, 15) is 19.6 Å². The van der Waals surface area contributed by atoms with Gasteiger partial charge in [0, 0.05) is 30.7 Å². The maximum Gasteiger partial charge on any atom is 0.368 e. The van der Waals surface area contributed by atoms with Crippen LogP contribution < -0.4 is 21.9 Å². The number of hydrogen-bond acceptors (Lipinski definition) is 11. The van der Waals surface area contributed by atoms with E-state index in [4.69, 9.17) is 0 Å². The molecule has 2 saturated heterocycles. The lowest BCUT2D eigenvalue weighted by molar-refractivity contribution is 0.0395. The van der Waals surface area contributed by atoms with Gasteiger partial charge in [-0.2, -0.15) is 19.6 Å². The number of aromatic nitrogens is 6. The molecule has 4 heterocycles. The van der Waals surface area contributed by atoms with Crippen LogP contribution in [0.1, 0.15) is 45.1 Å². The molecule has 13 nitrogen and oxygen atoms in total. The van der Waals surface area contributed by atoms with Crippen molar-refractivity contribution >= 4 is 17.5 Å². The maximum atomic E-state index is 14.7. The number of tetrazole rings is 1. The predicted molar refractivity (Wildman–Crippen MR) is 132 cm³/mol. The van der Waals surface area contributed by atoms with Gasteiger partial charge in [-0.05, 0) is 62.6 Å². The zero-order valence-electron chi connectivity index (χ0n) is 20.7. The molecule has 0 spiro atoms. The normalized spacial score (nSPS) is 20.8. The quantitative estimate of drug-likeness (QED) is 0.282. The van der Waals surface area contributed by atoms with E-state index in [1.54, 1.807) is 0 Å². The van der Waals surface area contributed by atoms with Crippen molar-refractivity contribution in [1.29, 1.82) is 5.26 Å². The van der Waals surface area contributed by atoms with Crippen molar-refractivity contribution in [1.82, 2.24) is 40.1 Å². The van der Waals surface area contributed by atoms with Crippen LogP contribution in [0.4, 0.5) is 21.8 Å². The Labute approximate surface area is 211 Å². The second kappa shape index (κ2) is 9.41. The van der Waals surface area contributed by atoms with Crippen LogP contribution in [-0.4, -0.2) is 63.9 Å². The lowest BCUT2D eigenvalue weighted by Crippen LogP contribution is -2.57. The number of phenols is 1. The molecular weight excluding hydrogens is 481 g/mol. The summed E-state index contributed by atoms with van der Waals surface area (Å²) in [4.78, 5) is 23.2. The summed E-state index contributed by atoms with van der Waals surface area (Å²) in [6.07, 6.45) is 5.62. The van der Waals surface area contributed by atoms with Gasteiger partial charge >= 0.3 is 5.69 Å². The molecule has 5 rings (SSSR count). The number of fused-ring (bicyclic) bond motifs is 1. The molecule has 2 aliphatic heterocycles. The number of aromatic hydroxyl groups is 1. The Bertz CT molecular complexity index is 1430. The Hall–Kier alpha value is -4.09. The largest absolute Gasteiger partial charge is 0.506 e. The van der Waals surface area contributed by atoms with Crippen molar-refractivity contribution in [3.05, 3.63) is 40.2 Å². The number of anilines is 3. The number of rotatable bonds is 6. The summed E-state index contributed by atoms with van der Waals surface area (Å²) in [5.74, 6) is -1.04. The van der Waals surface area contributed by atoms with Crippen LogP contribution in [0.25, 0.3) is 5.69 Å². The molecule has 2 aliphatic rings. The van der Waals surface area contributed by atoms with Crippen molar-refractivity contribution in [2.45, 2.75) is 57.2 Å². The van der Waals surface area contributed by atoms with Crippen LogP contribution >= 0.6 is 0 Å². The SMILES string of the molecule is Cn1nnn(-c2cc(Nc3ncc(C#N)c(NN[C@@H]4C[C@@H]5CCCN5C(C)(C)C4)n3)c(F)cc2O)c1=O. The van der Waals surface area contributed by atoms with Crippen molar-refractivity contribution in [3.8, 4) is 17.5 Å². The second-order valence-corrected chi connectivity index (χ2v) is 10.0. The highest BCUT2D eigenvalue weighted by Gasteiger charge is 2.42. The van der Waals surface area contributed by atoms with E-state index in [2.05, 4.69) is 61.4 Å². The van der Waals surface area contributed by atoms with E-state index in [1.807, 2.05) is 0 Å². The molecule has 2 fully saturated rings. The number of nitrogens with one attached hydrogen (secondary N) is 3. The monoisotopic (exact) mass is 509 g/mol. The number of halogens is 1. The summed E-state index contributed by atoms with van der Waals surface area (Å²) in [5, 5.41) is 29.8. The van der Waals surface area contributed by atoms with Crippen LogP contribution in [0, 0.1) is 17.1 Å². The lowest BCUT2D eigenvalue weighted by atomic mass is 9.84. The van der Waals surface area contributed by atoms with Crippen LogP contribution in [-0.2, 0) is 7.05 Å². The molecule has 0 unspecified atom stereocenters. The number of phenolic OH excluding ortho intramolecular Hbond substituents is 1. The molecule has 0 amide bonds. The Kier molecular flexibility index (Phi) is 6.26. The topological polar surface area (TPSA) is 162 Å². The summed E-state index contributed by atoms with van der Waals surface area (Å²) in [6.45, 7) is 5.63. The van der Waals surface area contributed by atoms with E-state index in [1.165, 1.54) is 32.2 Å². The molecule has 2 aromatic heterocycles. The number of piperidine rings is 1. The van der Waals surface area contributed by atoms with Gasteiger partial charge < -0.3 is 15.8 Å². The Morgan fingerprint density at radius 2 is 2.11 bits per heavy atom. The first-order chi connectivity index (χ1) is 17.7. The highest BCUT2D eigenvalue weighted by atomic mass is 19.1. The molecule has 1 aromatic carbocycles. The van der Waals surface area contributed by atoms with Crippen molar-refractivity contribution in [2.24, 2.45) is 7.05 Å². The van der Waals surface area contributed by atoms with E-state index in [0.29, 0.717) is 6.04 Å². The fraction of sp³-hybridized carbons (Fsp3) is 0.478. The summed E-state index contributed by atoms with van der Waals surface area (Å²) >= 11 is 0. The van der Waals surface area contributed by atoms with Crippen LogP contribution in [0.2, 0.25) is 0 Å². The molecule has 0 saturated carbocycles. The van der Waals surface area contributed by atoms with E-state index >= 15 is 0 Å². The highest BCUT2D eigenvalue weighted by molar-refractivity contribution is 5.64. The van der Waals surface area contributed by atoms with Gasteiger partial charge in [0.2, 0.25) is 5.95 Å². The van der Waals surface area contributed by atoms with Crippen molar-refractivity contribution < 1.29 is 9.50 Å². The number of nitriles is 1. The number of nitrogens with zero attached hydrogens (tertiary/aromatic N) is 8. The van der Waals surface area contributed by atoms with Gasteiger partial charge in [0.05, 0.1) is 11.9 Å². The molecular formula is C23H28FN11O2. The third-order valence-corrected chi connectivity index (χ3v) is 7.02. The van der Waals surface area contributed by atoms with E-state index < -0.39 is 17.3 Å². The first-order valence-corrected chi connectivity index (χ1v) is 12.0. The van der Waals surface area contributed by atoms with Gasteiger partial charge in [0.1, 0.15) is 23.1 Å². The zero-order valence-corrected chi connectivity index (χ0v) is 20.7. The number of hydrogen-bond donors (Lipinski definition) is 4. The fourth-order valence-electron chi connectivity index (χ4n) is 5.31. The molecule has 2 atom stereocenters. The van der Waals surface area contributed by atoms with Crippen molar-refractivity contribution in [2.75, 3.05) is 17.3 Å². The molecule has 4 N–H and O–H groups in total. The van der Waals surface area contributed by atoms with Crippen LogP contribution in [0.3, 0.4) is 0 Å². The van der Waals surface area contributed by atoms with Crippen LogP contribution in [0.5, 0.6) is 5.75 Å². The zero-order chi connectivity index (χ0) is 26.3. The minimum atomic E-state index is -0.802. The minimum Gasteiger partial charge on any atom is -0.506 e. The Morgan fingerprint density at radius 1 is 1.30 bits per heavy atom. The summed E-state index contributed by atoms with van der Waals surface area (Å²) in [6, 6.07) is 4.80. The average molecular weight is 510 g/mol. The van der Waals surface area contributed by atoms with Gasteiger partial charge in [-0.1, -0.05) is 0 Å². The lowest BCUT2D eigenvalue weighted by Gasteiger charge is -2.47. The van der Waals surface area contributed by atoms with Gasteiger partial charge in [0.25, 0.3) is 0 Å². The minimum absolute atomic E-state index is 0.0104. The summed E-state index contributed by atoms with van der Waals surface area (Å²) < 4.78 is 16.5. The van der Waals surface area contributed by atoms with E-state index in [-0.39, 0.29) is 40.3 Å². The maximum absolute atomic E-state index is 14.7. The molecule has 14 heteroatoms. The van der Waals surface area contributed by atoms with Gasteiger partial charge in [-0.3, -0.25) is 4.90 Å². The predicted octanol–water partition coefficient (Wildman–Crippen LogP) is 1.54. The van der Waals surface area contributed by atoms with Gasteiger partial charge in [-0.15, -0.1) is 0 Å². The Morgan fingerprint density at radius 3 is 2.84 bits per heavy atom. The first kappa shape index (κ1) is 24.6. The van der Waals surface area contributed by atoms with E-state index in [0.717, 1.165) is 34.8 Å². The fourth-order valence-corrected chi connectivity index (χ4v) is 5.31.